The molecule has 1 aromatic carbocycles. The lowest BCUT2D eigenvalue weighted by Gasteiger charge is -2.13. The number of alkyl halides is 3. The summed E-state index contributed by atoms with van der Waals surface area (Å²) < 4.78 is 43.4. The number of hydrogen-bond donors (Lipinski definition) is 2. The lowest BCUT2D eigenvalue weighted by atomic mass is 10.1. The third kappa shape index (κ3) is 2.73. The van der Waals surface area contributed by atoms with E-state index in [0.717, 1.165) is 18.5 Å². The summed E-state index contributed by atoms with van der Waals surface area (Å²) in [5.41, 5.74) is 4.15. The zero-order valence-electron chi connectivity index (χ0n) is 10.3. The van der Waals surface area contributed by atoms with Crippen LogP contribution in [0.5, 0.6) is 0 Å². The Hall–Kier alpha value is -2.51. The molecule has 20 heavy (non-hydrogen) atoms. The number of aromatic nitrogens is 1. The molecule has 0 bridgehead atoms. The van der Waals surface area contributed by atoms with Crippen molar-refractivity contribution in [3.63, 3.8) is 0 Å². The third-order valence-corrected chi connectivity index (χ3v) is 2.55. The first-order valence-electron chi connectivity index (χ1n) is 5.47. The summed E-state index contributed by atoms with van der Waals surface area (Å²) in [6.07, 6.45) is -3.59. The van der Waals surface area contributed by atoms with E-state index < -0.39 is 23.3 Å². The summed E-state index contributed by atoms with van der Waals surface area (Å²) in [6.45, 7) is 1.51. The zero-order valence-corrected chi connectivity index (χ0v) is 10.3. The average Bonchev–Trinajstić information content (AvgIpc) is 2.76. The van der Waals surface area contributed by atoms with Crippen molar-refractivity contribution in [2.45, 2.75) is 13.1 Å². The molecule has 0 atom stereocenters. The van der Waals surface area contributed by atoms with Crippen LogP contribution < -0.4 is 11.1 Å². The number of aryl methyl sites for hydroxylation is 1. The quantitative estimate of drug-likeness (QED) is 0.831. The van der Waals surface area contributed by atoms with Crippen LogP contribution in [-0.4, -0.2) is 10.9 Å². The number of rotatable bonds is 2. The van der Waals surface area contributed by atoms with Gasteiger partial charge in [-0.25, -0.2) is 4.98 Å². The summed E-state index contributed by atoms with van der Waals surface area (Å²) in [4.78, 5) is 15.5. The highest BCUT2D eigenvalue weighted by Gasteiger charge is 2.34. The Labute approximate surface area is 111 Å². The van der Waals surface area contributed by atoms with Crippen molar-refractivity contribution < 1.29 is 22.4 Å². The van der Waals surface area contributed by atoms with Crippen molar-refractivity contribution >= 4 is 17.3 Å². The summed E-state index contributed by atoms with van der Waals surface area (Å²) >= 11 is 0. The van der Waals surface area contributed by atoms with Crippen molar-refractivity contribution in [1.29, 1.82) is 0 Å². The molecule has 2 rings (SSSR count). The second-order valence-electron chi connectivity index (χ2n) is 4.02. The van der Waals surface area contributed by atoms with Crippen LogP contribution in [-0.2, 0) is 6.18 Å². The van der Waals surface area contributed by atoms with E-state index in [0.29, 0.717) is 0 Å². The molecule has 3 N–H and O–H groups in total. The molecule has 2 aromatic rings. The number of anilines is 2. The van der Waals surface area contributed by atoms with E-state index >= 15 is 0 Å². The molecule has 0 radical (unpaired) electrons. The first kappa shape index (κ1) is 13.9. The molecular weight excluding hydrogens is 275 g/mol. The number of nitrogens with two attached hydrogens (primary N) is 1. The van der Waals surface area contributed by atoms with Gasteiger partial charge < -0.3 is 15.5 Å². The van der Waals surface area contributed by atoms with Crippen LogP contribution in [0.1, 0.15) is 21.8 Å². The summed E-state index contributed by atoms with van der Waals surface area (Å²) in [7, 11) is 0. The lowest BCUT2D eigenvalue weighted by Crippen LogP contribution is -2.17. The number of hydrogen-bond acceptors (Lipinski definition) is 4. The van der Waals surface area contributed by atoms with Gasteiger partial charge in [0.15, 0.2) is 6.39 Å². The largest absolute Gasteiger partial charge is 0.438 e. The molecule has 0 spiro atoms. The smallest absolute Gasteiger partial charge is 0.418 e. The predicted molar refractivity (Wildman–Crippen MR) is 65.0 cm³/mol. The Bertz CT molecular complexity index is 650. The molecule has 5 nitrogen and oxygen atoms in total. The third-order valence-electron chi connectivity index (χ3n) is 2.55. The maximum absolute atomic E-state index is 12.9. The number of carbonyl (C=O) groups is 1. The second kappa shape index (κ2) is 4.87. The average molecular weight is 285 g/mol. The van der Waals surface area contributed by atoms with Crippen LogP contribution in [0.25, 0.3) is 0 Å². The van der Waals surface area contributed by atoms with Gasteiger partial charge in [0.05, 0.1) is 16.9 Å². The SMILES string of the molecule is Cc1ncoc1C(=O)Nc1ccc(N)cc1C(F)(F)F. The standard InChI is InChI=1S/C12H10F3N3O2/c1-6-10(20-5-17-6)11(19)18-9-3-2-7(16)4-8(9)12(13,14)15/h2-5H,16H2,1H3,(H,18,19). The fraction of sp³-hybridized carbons (Fsp3) is 0.167. The molecule has 106 valence electrons. The fourth-order valence-corrected chi connectivity index (χ4v) is 1.60. The van der Waals surface area contributed by atoms with Crippen molar-refractivity contribution in [1.82, 2.24) is 4.98 Å². The van der Waals surface area contributed by atoms with Crippen molar-refractivity contribution in [2.75, 3.05) is 11.1 Å². The van der Waals surface area contributed by atoms with E-state index in [4.69, 9.17) is 10.2 Å². The van der Waals surface area contributed by atoms with E-state index in [2.05, 4.69) is 10.3 Å². The van der Waals surface area contributed by atoms with Gasteiger partial charge in [-0.05, 0) is 25.1 Å². The van der Waals surface area contributed by atoms with Gasteiger partial charge >= 0.3 is 6.18 Å². The first-order chi connectivity index (χ1) is 9.29. The minimum atomic E-state index is -4.63. The Morgan fingerprint density at radius 2 is 2.10 bits per heavy atom. The van der Waals surface area contributed by atoms with Crippen LogP contribution in [0.15, 0.2) is 29.0 Å². The molecule has 0 fully saturated rings. The highest BCUT2D eigenvalue weighted by atomic mass is 19.4. The van der Waals surface area contributed by atoms with E-state index in [1.54, 1.807) is 0 Å². The number of halogens is 3. The summed E-state index contributed by atoms with van der Waals surface area (Å²) in [6, 6.07) is 3.10. The minimum absolute atomic E-state index is 0.0498. The molecule has 0 saturated heterocycles. The van der Waals surface area contributed by atoms with Gasteiger partial charge in [-0.2, -0.15) is 13.2 Å². The highest BCUT2D eigenvalue weighted by molar-refractivity contribution is 6.03. The van der Waals surface area contributed by atoms with Crippen LogP contribution in [0.3, 0.4) is 0 Å². The Morgan fingerprint density at radius 3 is 2.65 bits per heavy atom. The first-order valence-corrected chi connectivity index (χ1v) is 5.47. The number of nitrogens with one attached hydrogen (secondary N) is 1. The Balaban J connectivity index is 2.35. The van der Waals surface area contributed by atoms with Gasteiger partial charge in [-0.1, -0.05) is 0 Å². The Kier molecular flexibility index (Phi) is 3.39. The Morgan fingerprint density at radius 1 is 1.40 bits per heavy atom. The number of nitrogen functional groups attached to an aromatic ring is 1. The molecule has 0 aliphatic carbocycles. The topological polar surface area (TPSA) is 81.2 Å². The lowest BCUT2D eigenvalue weighted by molar-refractivity contribution is -0.136. The molecule has 0 aliphatic rings. The van der Waals surface area contributed by atoms with Crippen LogP contribution in [0.2, 0.25) is 0 Å². The van der Waals surface area contributed by atoms with Crippen molar-refractivity contribution in [3.8, 4) is 0 Å². The predicted octanol–water partition coefficient (Wildman–Crippen LogP) is 2.84. The molecule has 0 unspecified atom stereocenters. The number of amides is 1. The van der Waals surface area contributed by atoms with Crippen LogP contribution in [0.4, 0.5) is 24.5 Å². The molecule has 0 saturated carbocycles. The summed E-state index contributed by atoms with van der Waals surface area (Å²) in [5.74, 6) is -0.953. The molecule has 1 aromatic heterocycles. The number of nitrogens with zero attached hydrogens (tertiary/aromatic N) is 1. The number of oxazole rings is 1. The van der Waals surface area contributed by atoms with Gasteiger partial charge in [-0.3, -0.25) is 4.79 Å². The van der Waals surface area contributed by atoms with Gasteiger partial charge in [0, 0.05) is 5.69 Å². The van der Waals surface area contributed by atoms with E-state index in [-0.39, 0.29) is 17.1 Å². The van der Waals surface area contributed by atoms with Crippen LogP contribution >= 0.6 is 0 Å². The van der Waals surface area contributed by atoms with E-state index in [1.165, 1.54) is 13.0 Å². The monoisotopic (exact) mass is 285 g/mol. The highest BCUT2D eigenvalue weighted by Crippen LogP contribution is 2.36. The van der Waals surface area contributed by atoms with Crippen molar-refractivity contribution in [2.24, 2.45) is 0 Å². The van der Waals surface area contributed by atoms with E-state index in [1.807, 2.05) is 0 Å². The van der Waals surface area contributed by atoms with Crippen LogP contribution in [0, 0.1) is 6.92 Å². The molecule has 8 heteroatoms. The fourth-order valence-electron chi connectivity index (χ4n) is 1.60. The van der Waals surface area contributed by atoms with Gasteiger partial charge in [-0.15, -0.1) is 0 Å². The normalized spacial score (nSPS) is 11.4. The summed E-state index contributed by atoms with van der Waals surface area (Å²) in [5, 5.41) is 2.14. The molecule has 1 heterocycles. The maximum atomic E-state index is 12.9. The molecular formula is C12H10F3N3O2. The molecule has 1 amide bonds. The zero-order chi connectivity index (χ0) is 14.9. The number of carbonyl (C=O) groups excluding carboxylic acids is 1. The van der Waals surface area contributed by atoms with Gasteiger partial charge in [0.2, 0.25) is 5.76 Å². The number of benzene rings is 1. The maximum Gasteiger partial charge on any atom is 0.418 e. The van der Waals surface area contributed by atoms with Crippen molar-refractivity contribution in [3.05, 3.63) is 41.6 Å². The minimum Gasteiger partial charge on any atom is -0.438 e. The van der Waals surface area contributed by atoms with Gasteiger partial charge in [0.25, 0.3) is 5.91 Å². The van der Waals surface area contributed by atoms with E-state index in [9.17, 15) is 18.0 Å². The van der Waals surface area contributed by atoms with Gasteiger partial charge in [0.1, 0.15) is 0 Å². The molecule has 0 aliphatic heterocycles. The second-order valence-corrected chi connectivity index (χ2v) is 4.02.